The van der Waals surface area contributed by atoms with Gasteiger partial charge in [0.25, 0.3) is 0 Å². The highest BCUT2D eigenvalue weighted by atomic mass is 16.5. The molecule has 150 valence electrons. The van der Waals surface area contributed by atoms with Gasteiger partial charge in [0, 0.05) is 35.1 Å². The lowest BCUT2D eigenvalue weighted by atomic mass is 10.1. The van der Waals surface area contributed by atoms with Gasteiger partial charge < -0.3 is 24.8 Å². The Balaban J connectivity index is 1.83. The van der Waals surface area contributed by atoms with Crippen LogP contribution in [-0.4, -0.2) is 37.1 Å². The second kappa shape index (κ2) is 8.92. The Morgan fingerprint density at radius 2 is 1.45 bits per heavy atom. The number of nitrogens with one attached hydrogen (secondary N) is 2. The summed E-state index contributed by atoms with van der Waals surface area (Å²) in [6, 6.07) is 12.5. The van der Waals surface area contributed by atoms with Crippen molar-refractivity contribution in [1.82, 2.24) is 9.97 Å². The molecule has 3 rings (SSSR count). The normalized spacial score (nSPS) is 10.2. The van der Waals surface area contributed by atoms with Crippen LogP contribution in [0.4, 0.5) is 23.0 Å². The number of ketones is 1. The lowest BCUT2D eigenvalue weighted by Gasteiger charge is -2.15. The van der Waals surface area contributed by atoms with Crippen LogP contribution in [0.3, 0.4) is 0 Å². The first-order valence-electron chi connectivity index (χ1n) is 8.81. The fourth-order valence-corrected chi connectivity index (χ4v) is 2.76. The van der Waals surface area contributed by atoms with Gasteiger partial charge in [-0.15, -0.1) is 0 Å². The minimum Gasteiger partial charge on any atom is -0.493 e. The first-order valence-corrected chi connectivity index (χ1v) is 8.81. The zero-order chi connectivity index (χ0) is 20.8. The van der Waals surface area contributed by atoms with Gasteiger partial charge in [-0.2, -0.15) is 0 Å². The molecule has 3 aromatic rings. The Labute approximate surface area is 168 Å². The molecule has 0 fully saturated rings. The van der Waals surface area contributed by atoms with E-state index in [1.807, 2.05) is 12.1 Å². The number of Topliss-reactive ketones (excluding diaryl/α,β-unsaturated/α-hetero) is 1. The van der Waals surface area contributed by atoms with E-state index in [-0.39, 0.29) is 5.78 Å². The van der Waals surface area contributed by atoms with E-state index >= 15 is 0 Å². The number of aromatic nitrogens is 2. The van der Waals surface area contributed by atoms with Crippen molar-refractivity contribution in [2.45, 2.75) is 6.92 Å². The van der Waals surface area contributed by atoms with Crippen molar-refractivity contribution in [3.63, 3.8) is 0 Å². The SMILES string of the molecule is COc1cc(Nc2cc(Nc3cccc(C(C)=O)c3)ncn2)cc(OC)c1OC. The number of anilines is 4. The third-order valence-electron chi connectivity index (χ3n) is 4.15. The summed E-state index contributed by atoms with van der Waals surface area (Å²) in [5.74, 6) is 2.72. The van der Waals surface area contributed by atoms with Gasteiger partial charge in [0.1, 0.15) is 18.0 Å². The maximum atomic E-state index is 11.6. The molecule has 8 nitrogen and oxygen atoms in total. The first kappa shape index (κ1) is 19.9. The Morgan fingerprint density at radius 1 is 0.828 bits per heavy atom. The minimum atomic E-state index is 0.00101. The van der Waals surface area contributed by atoms with E-state index < -0.39 is 0 Å². The van der Waals surface area contributed by atoms with Crippen molar-refractivity contribution in [3.8, 4) is 17.2 Å². The summed E-state index contributed by atoms with van der Waals surface area (Å²) in [7, 11) is 4.67. The summed E-state index contributed by atoms with van der Waals surface area (Å²) in [6.45, 7) is 1.53. The van der Waals surface area contributed by atoms with Crippen molar-refractivity contribution in [1.29, 1.82) is 0 Å². The van der Waals surface area contributed by atoms with Gasteiger partial charge in [0.15, 0.2) is 17.3 Å². The summed E-state index contributed by atoms with van der Waals surface area (Å²) in [5.41, 5.74) is 2.10. The standard InChI is InChI=1S/C21H22N4O4/c1-13(26)14-6-5-7-15(8-14)24-19-11-20(23-12-22-19)25-16-9-17(27-2)21(29-4)18(10-16)28-3/h5-12H,1-4H3,(H2,22,23,24,25). The van der Waals surface area contributed by atoms with Crippen molar-refractivity contribution in [2.24, 2.45) is 0 Å². The predicted molar refractivity (Wildman–Crippen MR) is 111 cm³/mol. The summed E-state index contributed by atoms with van der Waals surface area (Å²) in [6.07, 6.45) is 1.44. The largest absolute Gasteiger partial charge is 0.493 e. The molecule has 0 saturated carbocycles. The summed E-state index contributed by atoms with van der Waals surface area (Å²) in [4.78, 5) is 20.0. The van der Waals surface area contributed by atoms with Crippen LogP contribution in [0.2, 0.25) is 0 Å². The molecule has 1 heterocycles. The fourth-order valence-electron chi connectivity index (χ4n) is 2.76. The van der Waals surface area contributed by atoms with E-state index in [1.54, 1.807) is 51.7 Å². The number of carbonyl (C=O) groups is 1. The monoisotopic (exact) mass is 394 g/mol. The number of carbonyl (C=O) groups excluding carboxylic acids is 1. The average molecular weight is 394 g/mol. The third-order valence-corrected chi connectivity index (χ3v) is 4.15. The van der Waals surface area contributed by atoms with E-state index in [4.69, 9.17) is 14.2 Å². The molecular formula is C21H22N4O4. The van der Waals surface area contributed by atoms with E-state index in [2.05, 4.69) is 20.6 Å². The first-order chi connectivity index (χ1) is 14.0. The van der Waals surface area contributed by atoms with Crippen LogP contribution >= 0.6 is 0 Å². The third kappa shape index (κ3) is 4.73. The number of rotatable bonds is 8. The molecule has 29 heavy (non-hydrogen) atoms. The molecule has 8 heteroatoms. The number of hydrogen-bond donors (Lipinski definition) is 2. The van der Waals surface area contributed by atoms with Gasteiger partial charge in [-0.3, -0.25) is 4.79 Å². The second-order valence-corrected chi connectivity index (χ2v) is 6.09. The molecule has 1 aromatic heterocycles. The molecular weight excluding hydrogens is 372 g/mol. The summed E-state index contributed by atoms with van der Waals surface area (Å²) < 4.78 is 16.1. The van der Waals surface area contributed by atoms with Crippen LogP contribution in [-0.2, 0) is 0 Å². The number of methoxy groups -OCH3 is 3. The molecule has 0 atom stereocenters. The predicted octanol–water partition coefficient (Wildman–Crippen LogP) is 4.19. The zero-order valence-electron chi connectivity index (χ0n) is 16.6. The smallest absolute Gasteiger partial charge is 0.203 e. The Hall–Kier alpha value is -3.81. The highest BCUT2D eigenvalue weighted by Crippen LogP contribution is 2.40. The van der Waals surface area contributed by atoms with Crippen molar-refractivity contribution < 1.29 is 19.0 Å². The van der Waals surface area contributed by atoms with Crippen LogP contribution in [0.25, 0.3) is 0 Å². The molecule has 0 saturated heterocycles. The lowest BCUT2D eigenvalue weighted by Crippen LogP contribution is -2.01. The number of ether oxygens (including phenoxy) is 3. The van der Waals surface area contributed by atoms with Crippen LogP contribution < -0.4 is 24.8 Å². The van der Waals surface area contributed by atoms with Crippen LogP contribution in [0, 0.1) is 0 Å². The molecule has 0 bridgehead atoms. The molecule has 0 spiro atoms. The van der Waals surface area contributed by atoms with Crippen LogP contribution in [0.1, 0.15) is 17.3 Å². The maximum Gasteiger partial charge on any atom is 0.203 e. The zero-order valence-corrected chi connectivity index (χ0v) is 16.6. The van der Waals surface area contributed by atoms with Gasteiger partial charge in [0.2, 0.25) is 5.75 Å². The molecule has 0 aliphatic heterocycles. The van der Waals surface area contributed by atoms with Crippen molar-refractivity contribution in [2.75, 3.05) is 32.0 Å². The van der Waals surface area contributed by atoms with Gasteiger partial charge in [-0.25, -0.2) is 9.97 Å². The molecule has 0 radical (unpaired) electrons. The molecule has 0 aliphatic rings. The molecule has 0 aliphatic carbocycles. The minimum absolute atomic E-state index is 0.00101. The van der Waals surface area contributed by atoms with Gasteiger partial charge in [-0.05, 0) is 19.1 Å². The van der Waals surface area contributed by atoms with Crippen molar-refractivity contribution >= 4 is 28.8 Å². The Bertz CT molecular complexity index is 998. The van der Waals surface area contributed by atoms with E-state index in [1.165, 1.54) is 13.3 Å². The van der Waals surface area contributed by atoms with Crippen LogP contribution in [0.15, 0.2) is 48.8 Å². The molecule has 0 amide bonds. The highest BCUT2D eigenvalue weighted by molar-refractivity contribution is 5.95. The highest BCUT2D eigenvalue weighted by Gasteiger charge is 2.13. The van der Waals surface area contributed by atoms with E-state index in [0.29, 0.717) is 40.1 Å². The molecule has 2 N–H and O–H groups in total. The van der Waals surface area contributed by atoms with Gasteiger partial charge >= 0.3 is 0 Å². The summed E-state index contributed by atoms with van der Waals surface area (Å²) >= 11 is 0. The number of nitrogens with zero attached hydrogens (tertiary/aromatic N) is 2. The fraction of sp³-hybridized carbons (Fsp3) is 0.190. The van der Waals surface area contributed by atoms with Gasteiger partial charge in [0.05, 0.1) is 21.3 Å². The lowest BCUT2D eigenvalue weighted by molar-refractivity contribution is 0.101. The van der Waals surface area contributed by atoms with E-state index in [9.17, 15) is 4.79 Å². The Morgan fingerprint density at radius 3 is 2.00 bits per heavy atom. The van der Waals surface area contributed by atoms with E-state index in [0.717, 1.165) is 5.69 Å². The average Bonchev–Trinajstić information content (AvgIpc) is 2.73. The molecule has 2 aromatic carbocycles. The second-order valence-electron chi connectivity index (χ2n) is 6.09. The number of hydrogen-bond acceptors (Lipinski definition) is 8. The van der Waals surface area contributed by atoms with Crippen LogP contribution in [0.5, 0.6) is 17.2 Å². The molecule has 0 unspecified atom stereocenters. The Kier molecular flexibility index (Phi) is 6.13. The quantitative estimate of drug-likeness (QED) is 0.549. The summed E-state index contributed by atoms with van der Waals surface area (Å²) in [5, 5.41) is 6.38. The van der Waals surface area contributed by atoms with Crippen molar-refractivity contribution in [3.05, 3.63) is 54.4 Å². The number of benzene rings is 2. The topological polar surface area (TPSA) is 94.6 Å². The maximum absolute atomic E-state index is 11.6. The van der Waals surface area contributed by atoms with Gasteiger partial charge in [-0.1, -0.05) is 12.1 Å².